The molecule has 1 amide bonds. The van der Waals surface area contributed by atoms with Gasteiger partial charge in [-0.3, -0.25) is 13.9 Å². The fourth-order valence-corrected chi connectivity index (χ4v) is 3.72. The summed E-state index contributed by atoms with van der Waals surface area (Å²) in [4.78, 5) is 27.4. The summed E-state index contributed by atoms with van der Waals surface area (Å²) in [5, 5.41) is 2.59. The standard InChI is InChI=1S/C22H25F3N4O2/c1-4-27(5-2)17-12-11-15(22(23,24)25)13-16(17)26-20(30)14-29-19-10-8-7-9-18(19)28(6-3)21(29)31/h7-13H,4-6,14H2,1-3H3,(H,26,30). The van der Waals surface area contributed by atoms with Crippen molar-refractivity contribution in [2.75, 3.05) is 23.3 Å². The molecule has 3 rings (SSSR count). The van der Waals surface area contributed by atoms with E-state index in [1.54, 1.807) is 28.8 Å². The number of hydrogen-bond acceptors (Lipinski definition) is 3. The Morgan fingerprint density at radius 1 is 1.00 bits per heavy atom. The minimum absolute atomic E-state index is 0.0656. The van der Waals surface area contributed by atoms with Crippen molar-refractivity contribution in [1.82, 2.24) is 9.13 Å². The molecule has 0 fully saturated rings. The van der Waals surface area contributed by atoms with E-state index in [4.69, 9.17) is 0 Å². The zero-order valence-electron chi connectivity index (χ0n) is 17.7. The number of nitrogens with one attached hydrogen (secondary N) is 1. The van der Waals surface area contributed by atoms with Crippen LogP contribution in [0.5, 0.6) is 0 Å². The van der Waals surface area contributed by atoms with Gasteiger partial charge in [-0.15, -0.1) is 0 Å². The number of benzene rings is 2. The molecule has 166 valence electrons. The second kappa shape index (κ2) is 8.87. The Morgan fingerprint density at radius 2 is 1.61 bits per heavy atom. The van der Waals surface area contributed by atoms with Crippen LogP contribution in [0.2, 0.25) is 0 Å². The molecule has 31 heavy (non-hydrogen) atoms. The summed E-state index contributed by atoms with van der Waals surface area (Å²) in [6, 6.07) is 10.4. The molecule has 0 aliphatic rings. The Morgan fingerprint density at radius 3 is 2.16 bits per heavy atom. The summed E-state index contributed by atoms with van der Waals surface area (Å²) < 4.78 is 42.6. The Balaban J connectivity index is 1.98. The first-order chi connectivity index (χ1) is 14.7. The predicted molar refractivity (Wildman–Crippen MR) is 116 cm³/mol. The quantitative estimate of drug-likeness (QED) is 0.602. The minimum atomic E-state index is -4.53. The van der Waals surface area contributed by atoms with E-state index >= 15 is 0 Å². The predicted octanol–water partition coefficient (Wildman–Crippen LogP) is 4.33. The van der Waals surface area contributed by atoms with E-state index < -0.39 is 17.6 Å². The number of amides is 1. The van der Waals surface area contributed by atoms with Crippen LogP contribution in [0.25, 0.3) is 11.0 Å². The number of para-hydroxylation sites is 2. The molecule has 0 aliphatic heterocycles. The number of hydrogen-bond donors (Lipinski definition) is 1. The maximum atomic E-state index is 13.2. The number of fused-ring (bicyclic) bond motifs is 1. The van der Waals surface area contributed by atoms with Crippen LogP contribution in [0.3, 0.4) is 0 Å². The zero-order chi connectivity index (χ0) is 22.8. The minimum Gasteiger partial charge on any atom is -0.370 e. The van der Waals surface area contributed by atoms with Gasteiger partial charge >= 0.3 is 11.9 Å². The normalized spacial score (nSPS) is 11.7. The molecule has 0 aliphatic carbocycles. The van der Waals surface area contributed by atoms with Crippen LogP contribution < -0.4 is 15.9 Å². The number of anilines is 2. The first-order valence-electron chi connectivity index (χ1n) is 10.1. The summed E-state index contributed by atoms with van der Waals surface area (Å²) in [5.74, 6) is -0.575. The number of imidazole rings is 1. The summed E-state index contributed by atoms with van der Waals surface area (Å²) in [6.07, 6.45) is -4.53. The van der Waals surface area contributed by atoms with Crippen molar-refractivity contribution >= 4 is 28.3 Å². The van der Waals surface area contributed by atoms with E-state index in [-0.39, 0.29) is 17.9 Å². The monoisotopic (exact) mass is 434 g/mol. The van der Waals surface area contributed by atoms with Gasteiger partial charge in [0, 0.05) is 19.6 Å². The van der Waals surface area contributed by atoms with Gasteiger partial charge in [-0.25, -0.2) is 4.79 Å². The average molecular weight is 434 g/mol. The van der Waals surface area contributed by atoms with Crippen molar-refractivity contribution in [2.24, 2.45) is 0 Å². The maximum absolute atomic E-state index is 13.2. The highest BCUT2D eigenvalue weighted by molar-refractivity contribution is 5.95. The number of carbonyl (C=O) groups is 1. The van der Waals surface area contributed by atoms with Crippen molar-refractivity contribution in [2.45, 2.75) is 40.0 Å². The lowest BCUT2D eigenvalue weighted by Gasteiger charge is -2.25. The van der Waals surface area contributed by atoms with E-state index in [2.05, 4.69) is 5.32 Å². The molecule has 6 nitrogen and oxygen atoms in total. The number of alkyl halides is 3. The first-order valence-corrected chi connectivity index (χ1v) is 10.1. The van der Waals surface area contributed by atoms with Crippen molar-refractivity contribution in [3.8, 4) is 0 Å². The molecule has 1 aromatic heterocycles. The fraction of sp³-hybridized carbons (Fsp3) is 0.364. The van der Waals surface area contributed by atoms with Crippen LogP contribution >= 0.6 is 0 Å². The summed E-state index contributed by atoms with van der Waals surface area (Å²) in [5.41, 5.74) is 0.666. The third kappa shape index (κ3) is 4.45. The third-order valence-electron chi connectivity index (χ3n) is 5.25. The number of nitrogens with zero attached hydrogens (tertiary/aromatic N) is 3. The van der Waals surface area contributed by atoms with Gasteiger partial charge in [0.1, 0.15) is 6.54 Å². The molecule has 0 unspecified atom stereocenters. The van der Waals surface area contributed by atoms with Crippen LogP contribution in [-0.2, 0) is 24.1 Å². The largest absolute Gasteiger partial charge is 0.416 e. The van der Waals surface area contributed by atoms with Crippen molar-refractivity contribution in [3.05, 3.63) is 58.5 Å². The number of halogens is 3. The summed E-state index contributed by atoms with van der Waals surface area (Å²) >= 11 is 0. The number of aromatic nitrogens is 2. The van der Waals surface area contributed by atoms with Crippen LogP contribution in [0.1, 0.15) is 26.3 Å². The average Bonchev–Trinajstić information content (AvgIpc) is 3.00. The van der Waals surface area contributed by atoms with E-state index in [1.165, 1.54) is 10.6 Å². The molecule has 1 N–H and O–H groups in total. The molecule has 0 saturated heterocycles. The van der Waals surface area contributed by atoms with Gasteiger partial charge in [0.15, 0.2) is 0 Å². The smallest absolute Gasteiger partial charge is 0.370 e. The van der Waals surface area contributed by atoms with Gasteiger partial charge < -0.3 is 10.2 Å². The molecule has 0 radical (unpaired) electrons. The Bertz CT molecular complexity index is 1140. The molecule has 0 spiro atoms. The molecule has 0 atom stereocenters. The van der Waals surface area contributed by atoms with Gasteiger partial charge in [0.2, 0.25) is 5.91 Å². The van der Waals surface area contributed by atoms with Crippen LogP contribution in [-0.4, -0.2) is 28.1 Å². The molecule has 0 saturated carbocycles. The highest BCUT2D eigenvalue weighted by atomic mass is 19.4. The highest BCUT2D eigenvalue weighted by Crippen LogP contribution is 2.35. The lowest BCUT2D eigenvalue weighted by molar-refractivity contribution is -0.137. The van der Waals surface area contributed by atoms with Crippen LogP contribution in [0.4, 0.5) is 24.5 Å². The molecular weight excluding hydrogens is 409 g/mol. The second-order valence-electron chi connectivity index (χ2n) is 7.05. The molecule has 2 aromatic carbocycles. The Labute approximate surface area is 177 Å². The van der Waals surface area contributed by atoms with Crippen LogP contribution in [0, 0.1) is 0 Å². The lowest BCUT2D eigenvalue weighted by Crippen LogP contribution is -2.30. The topological polar surface area (TPSA) is 59.3 Å². The fourth-order valence-electron chi connectivity index (χ4n) is 3.72. The van der Waals surface area contributed by atoms with E-state index in [0.29, 0.717) is 36.4 Å². The first kappa shape index (κ1) is 22.5. The molecule has 1 heterocycles. The number of carbonyl (C=O) groups excluding carboxylic acids is 1. The highest BCUT2D eigenvalue weighted by Gasteiger charge is 2.31. The maximum Gasteiger partial charge on any atom is 0.416 e. The molecule has 9 heteroatoms. The van der Waals surface area contributed by atoms with Crippen molar-refractivity contribution in [3.63, 3.8) is 0 Å². The van der Waals surface area contributed by atoms with Gasteiger partial charge in [0.25, 0.3) is 0 Å². The van der Waals surface area contributed by atoms with Gasteiger partial charge in [-0.05, 0) is 51.1 Å². The second-order valence-corrected chi connectivity index (χ2v) is 7.05. The van der Waals surface area contributed by atoms with E-state index in [1.807, 2.05) is 25.7 Å². The lowest BCUT2D eigenvalue weighted by atomic mass is 10.1. The summed E-state index contributed by atoms with van der Waals surface area (Å²) in [7, 11) is 0. The molecule has 0 bridgehead atoms. The zero-order valence-corrected chi connectivity index (χ0v) is 17.7. The van der Waals surface area contributed by atoms with Gasteiger partial charge in [-0.1, -0.05) is 12.1 Å². The molecular formula is C22H25F3N4O2. The van der Waals surface area contributed by atoms with Gasteiger partial charge in [0.05, 0.1) is 28.0 Å². The third-order valence-corrected chi connectivity index (χ3v) is 5.25. The SMILES string of the molecule is CCN(CC)c1ccc(C(F)(F)F)cc1NC(=O)Cn1c(=O)n(CC)c2ccccc21. The van der Waals surface area contributed by atoms with E-state index in [0.717, 1.165) is 12.1 Å². The Hall–Kier alpha value is -3.23. The van der Waals surface area contributed by atoms with Gasteiger partial charge in [-0.2, -0.15) is 13.2 Å². The van der Waals surface area contributed by atoms with Crippen LogP contribution in [0.15, 0.2) is 47.3 Å². The van der Waals surface area contributed by atoms with Crippen molar-refractivity contribution < 1.29 is 18.0 Å². The summed E-state index contributed by atoms with van der Waals surface area (Å²) in [6.45, 7) is 6.85. The Kier molecular flexibility index (Phi) is 6.42. The van der Waals surface area contributed by atoms with E-state index in [9.17, 15) is 22.8 Å². The number of rotatable bonds is 7. The molecule has 3 aromatic rings. The number of aryl methyl sites for hydroxylation is 1. The van der Waals surface area contributed by atoms with Crippen molar-refractivity contribution in [1.29, 1.82) is 0 Å².